The lowest BCUT2D eigenvalue weighted by molar-refractivity contribution is -0.119. The standard InChI is InChI=1S/C22H25N3O5S/c1-13(2)14(3)23-19(26)12-31-22-24-18-10-15(21(28)29-4)7-8-17(18)20(27)25(22)11-16-6-5-9-30-16/h5-10,13-14H,11-12H2,1-4H3,(H,23,26). The van der Waals surface area contributed by atoms with Gasteiger partial charge < -0.3 is 14.5 Å². The molecule has 0 aliphatic rings. The van der Waals surface area contributed by atoms with Crippen LogP contribution in [0, 0.1) is 5.92 Å². The summed E-state index contributed by atoms with van der Waals surface area (Å²) in [5, 5.41) is 3.67. The molecule has 9 heteroatoms. The van der Waals surface area contributed by atoms with Gasteiger partial charge in [0.25, 0.3) is 5.56 Å². The molecule has 2 heterocycles. The number of methoxy groups -OCH3 is 1. The van der Waals surface area contributed by atoms with Crippen molar-refractivity contribution in [2.45, 2.75) is 38.5 Å². The van der Waals surface area contributed by atoms with Crippen LogP contribution in [0.5, 0.6) is 0 Å². The summed E-state index contributed by atoms with van der Waals surface area (Å²) in [6.07, 6.45) is 1.53. The molecule has 31 heavy (non-hydrogen) atoms. The molecule has 0 aliphatic heterocycles. The second kappa shape index (κ2) is 9.82. The SMILES string of the molecule is COC(=O)c1ccc2c(=O)n(Cc3ccco3)c(SCC(=O)NC(C)C(C)C)nc2c1. The van der Waals surface area contributed by atoms with Gasteiger partial charge in [-0.2, -0.15) is 0 Å². The van der Waals surface area contributed by atoms with Gasteiger partial charge >= 0.3 is 5.97 Å². The summed E-state index contributed by atoms with van der Waals surface area (Å²) in [4.78, 5) is 42.0. The van der Waals surface area contributed by atoms with E-state index >= 15 is 0 Å². The molecule has 0 fully saturated rings. The molecule has 1 N–H and O–H groups in total. The number of fused-ring (bicyclic) bond motifs is 1. The van der Waals surface area contributed by atoms with E-state index in [-0.39, 0.29) is 29.8 Å². The molecule has 1 amide bonds. The Labute approximate surface area is 184 Å². The minimum atomic E-state index is -0.514. The number of nitrogens with zero attached hydrogens (tertiary/aromatic N) is 2. The number of hydrogen-bond acceptors (Lipinski definition) is 7. The number of esters is 1. The van der Waals surface area contributed by atoms with Crippen LogP contribution in [0.25, 0.3) is 10.9 Å². The van der Waals surface area contributed by atoms with Crippen molar-refractivity contribution in [3.05, 3.63) is 58.3 Å². The molecule has 0 aliphatic carbocycles. The number of aromatic nitrogens is 2. The Morgan fingerprint density at radius 3 is 2.68 bits per heavy atom. The maximum absolute atomic E-state index is 13.2. The van der Waals surface area contributed by atoms with Gasteiger partial charge in [0.1, 0.15) is 5.76 Å². The summed E-state index contributed by atoms with van der Waals surface area (Å²) >= 11 is 1.16. The van der Waals surface area contributed by atoms with Crippen LogP contribution in [-0.2, 0) is 16.1 Å². The van der Waals surface area contributed by atoms with Gasteiger partial charge in [0.15, 0.2) is 5.16 Å². The van der Waals surface area contributed by atoms with E-state index in [1.165, 1.54) is 30.1 Å². The second-order valence-electron chi connectivity index (χ2n) is 7.48. The number of furan rings is 1. The number of amides is 1. The summed E-state index contributed by atoms with van der Waals surface area (Å²) in [6.45, 7) is 6.19. The molecule has 0 saturated heterocycles. The van der Waals surface area contributed by atoms with Gasteiger partial charge in [-0.15, -0.1) is 0 Å². The third-order valence-electron chi connectivity index (χ3n) is 4.96. The number of hydrogen-bond donors (Lipinski definition) is 1. The van der Waals surface area contributed by atoms with Gasteiger partial charge in [0.2, 0.25) is 5.91 Å². The van der Waals surface area contributed by atoms with Crippen LogP contribution in [0.3, 0.4) is 0 Å². The van der Waals surface area contributed by atoms with Gasteiger partial charge in [0.05, 0.1) is 42.1 Å². The van der Waals surface area contributed by atoms with E-state index in [0.717, 1.165) is 11.8 Å². The topological polar surface area (TPSA) is 103 Å². The monoisotopic (exact) mass is 443 g/mol. The maximum atomic E-state index is 13.2. The van der Waals surface area contributed by atoms with E-state index in [0.29, 0.717) is 33.3 Å². The normalized spacial score (nSPS) is 12.2. The molecule has 2 aromatic heterocycles. The quantitative estimate of drug-likeness (QED) is 0.324. The summed E-state index contributed by atoms with van der Waals surface area (Å²) in [7, 11) is 1.29. The van der Waals surface area contributed by atoms with Gasteiger partial charge in [-0.1, -0.05) is 25.6 Å². The van der Waals surface area contributed by atoms with Crippen molar-refractivity contribution in [1.29, 1.82) is 0 Å². The lowest BCUT2D eigenvalue weighted by Gasteiger charge is -2.17. The van der Waals surface area contributed by atoms with Crippen LogP contribution >= 0.6 is 11.8 Å². The lowest BCUT2D eigenvalue weighted by Crippen LogP contribution is -2.37. The smallest absolute Gasteiger partial charge is 0.337 e. The van der Waals surface area contributed by atoms with Crippen LogP contribution in [0.4, 0.5) is 0 Å². The molecule has 0 saturated carbocycles. The van der Waals surface area contributed by atoms with Crippen LogP contribution in [0.1, 0.15) is 36.9 Å². The molecule has 0 spiro atoms. The fraction of sp³-hybridized carbons (Fsp3) is 0.364. The molecular formula is C22H25N3O5S. The molecule has 0 bridgehead atoms. The summed E-state index contributed by atoms with van der Waals surface area (Å²) in [6, 6.07) is 8.15. The molecule has 3 aromatic rings. The number of carbonyl (C=O) groups is 2. The zero-order valence-electron chi connectivity index (χ0n) is 17.9. The minimum absolute atomic E-state index is 0.0330. The van der Waals surface area contributed by atoms with Crippen molar-refractivity contribution >= 4 is 34.5 Å². The van der Waals surface area contributed by atoms with Crippen LogP contribution < -0.4 is 10.9 Å². The Morgan fingerprint density at radius 1 is 1.26 bits per heavy atom. The first kappa shape index (κ1) is 22.6. The van der Waals surface area contributed by atoms with E-state index in [4.69, 9.17) is 9.15 Å². The molecule has 1 aromatic carbocycles. The predicted octanol–water partition coefficient (Wildman–Crippen LogP) is 3.08. The summed E-state index contributed by atoms with van der Waals surface area (Å²) in [5.41, 5.74) is 0.378. The van der Waals surface area contributed by atoms with Crippen molar-refractivity contribution in [2.24, 2.45) is 5.92 Å². The van der Waals surface area contributed by atoms with E-state index in [1.807, 2.05) is 20.8 Å². The van der Waals surface area contributed by atoms with Crippen LogP contribution in [0.2, 0.25) is 0 Å². The Bertz CT molecular complexity index is 1140. The number of nitrogens with one attached hydrogen (secondary N) is 1. The maximum Gasteiger partial charge on any atom is 0.337 e. The van der Waals surface area contributed by atoms with Crippen molar-refractivity contribution < 1.29 is 18.7 Å². The van der Waals surface area contributed by atoms with Gasteiger partial charge in [-0.05, 0) is 43.2 Å². The highest BCUT2D eigenvalue weighted by Crippen LogP contribution is 2.20. The summed E-state index contributed by atoms with van der Waals surface area (Å²) < 4.78 is 11.6. The number of benzene rings is 1. The predicted molar refractivity (Wildman–Crippen MR) is 118 cm³/mol. The molecule has 3 rings (SSSR count). The fourth-order valence-corrected chi connectivity index (χ4v) is 3.66. The van der Waals surface area contributed by atoms with Crippen molar-refractivity contribution in [2.75, 3.05) is 12.9 Å². The minimum Gasteiger partial charge on any atom is -0.467 e. The van der Waals surface area contributed by atoms with Crippen LogP contribution in [-0.4, -0.2) is 40.3 Å². The lowest BCUT2D eigenvalue weighted by atomic mass is 10.1. The molecule has 1 unspecified atom stereocenters. The van der Waals surface area contributed by atoms with E-state index in [1.54, 1.807) is 18.2 Å². The van der Waals surface area contributed by atoms with Crippen molar-refractivity contribution in [3.8, 4) is 0 Å². The Hall–Kier alpha value is -3.07. The third-order valence-corrected chi connectivity index (χ3v) is 5.93. The zero-order chi connectivity index (χ0) is 22.5. The highest BCUT2D eigenvalue weighted by Gasteiger charge is 2.17. The number of carbonyl (C=O) groups excluding carboxylic acids is 2. The molecule has 8 nitrogen and oxygen atoms in total. The first-order valence-corrected chi connectivity index (χ1v) is 10.9. The van der Waals surface area contributed by atoms with E-state index in [2.05, 4.69) is 10.3 Å². The Balaban J connectivity index is 1.97. The number of rotatable bonds is 8. The van der Waals surface area contributed by atoms with Gasteiger partial charge in [-0.3, -0.25) is 14.2 Å². The average molecular weight is 444 g/mol. The third kappa shape index (κ3) is 5.35. The molecule has 1 atom stereocenters. The van der Waals surface area contributed by atoms with Gasteiger partial charge in [0, 0.05) is 6.04 Å². The number of ether oxygens (including phenoxy) is 1. The Morgan fingerprint density at radius 2 is 2.03 bits per heavy atom. The van der Waals surface area contributed by atoms with Crippen LogP contribution in [0.15, 0.2) is 51.0 Å². The Kier molecular flexibility index (Phi) is 7.17. The summed E-state index contributed by atoms with van der Waals surface area (Å²) in [5.74, 6) is 0.341. The molecule has 0 radical (unpaired) electrons. The highest BCUT2D eigenvalue weighted by molar-refractivity contribution is 7.99. The number of thioether (sulfide) groups is 1. The van der Waals surface area contributed by atoms with E-state index < -0.39 is 5.97 Å². The molecular weight excluding hydrogens is 418 g/mol. The highest BCUT2D eigenvalue weighted by atomic mass is 32.2. The first-order valence-electron chi connectivity index (χ1n) is 9.87. The van der Waals surface area contributed by atoms with Crippen molar-refractivity contribution in [3.63, 3.8) is 0 Å². The first-order chi connectivity index (χ1) is 14.8. The largest absolute Gasteiger partial charge is 0.467 e. The fourth-order valence-electron chi connectivity index (χ4n) is 2.85. The van der Waals surface area contributed by atoms with E-state index in [9.17, 15) is 14.4 Å². The molecule has 164 valence electrons. The zero-order valence-corrected chi connectivity index (χ0v) is 18.7. The average Bonchev–Trinajstić information content (AvgIpc) is 3.26. The van der Waals surface area contributed by atoms with Gasteiger partial charge in [-0.25, -0.2) is 9.78 Å². The van der Waals surface area contributed by atoms with Crippen molar-refractivity contribution in [1.82, 2.24) is 14.9 Å². The second-order valence-corrected chi connectivity index (χ2v) is 8.42.